The van der Waals surface area contributed by atoms with E-state index < -0.39 is 10.9 Å². The molecule has 2 heterocycles. The number of benzene rings is 1. The minimum Gasteiger partial charge on any atom is -0.382 e. The van der Waals surface area contributed by atoms with Crippen molar-refractivity contribution in [2.75, 3.05) is 20.3 Å². The molecule has 10 nitrogen and oxygen atoms in total. The third-order valence-corrected chi connectivity index (χ3v) is 3.94. The Kier molecular flexibility index (Phi) is 7.12. The van der Waals surface area contributed by atoms with E-state index in [1.165, 1.54) is 6.33 Å². The molecule has 2 aromatic rings. The van der Waals surface area contributed by atoms with Gasteiger partial charge in [0.05, 0.1) is 18.2 Å². The summed E-state index contributed by atoms with van der Waals surface area (Å²) in [5.74, 6) is -1.04. The van der Waals surface area contributed by atoms with Crippen LogP contribution in [0.1, 0.15) is 5.56 Å². The molecule has 0 bridgehead atoms. The maximum atomic E-state index is 8.36. The molecule has 12 heteroatoms. The molecule has 0 saturated carbocycles. The first kappa shape index (κ1) is 20.3. The molecule has 142 valence electrons. The summed E-state index contributed by atoms with van der Waals surface area (Å²) in [5, 5.41) is 18.8. The predicted molar refractivity (Wildman–Crippen MR) is 89.6 cm³/mol. The molecule has 1 saturated heterocycles. The van der Waals surface area contributed by atoms with Gasteiger partial charge in [-0.05, 0) is 12.1 Å². The third kappa shape index (κ3) is 5.26. The van der Waals surface area contributed by atoms with Crippen molar-refractivity contribution in [3.8, 4) is 0 Å². The lowest BCUT2D eigenvalue weighted by Gasteiger charge is -2.29. The molecule has 3 rings (SSSR count). The molecule has 1 aromatic heterocycles. The second-order valence-electron chi connectivity index (χ2n) is 5.21. The Bertz CT molecular complexity index is 728. The monoisotopic (exact) mass is 406 g/mol. The molecule has 1 fully saturated rings. The number of nitrogens with zero attached hydrogens (tertiary/aromatic N) is 4. The highest BCUT2D eigenvalue weighted by Gasteiger charge is 2.45. The molecule has 0 radical (unpaired) electrons. The molecule has 26 heavy (non-hydrogen) atoms. The van der Waals surface area contributed by atoms with Gasteiger partial charge in [-0.1, -0.05) is 29.3 Å². The van der Waals surface area contributed by atoms with E-state index in [4.69, 9.17) is 52.7 Å². The van der Waals surface area contributed by atoms with Crippen LogP contribution in [0.2, 0.25) is 10.0 Å². The van der Waals surface area contributed by atoms with Crippen molar-refractivity contribution in [2.45, 2.75) is 18.4 Å². The Morgan fingerprint density at radius 2 is 2.27 bits per heavy atom. The van der Waals surface area contributed by atoms with Crippen molar-refractivity contribution in [1.29, 1.82) is 0 Å². The van der Waals surface area contributed by atoms with Gasteiger partial charge < -0.3 is 19.4 Å². The summed E-state index contributed by atoms with van der Waals surface area (Å²) in [7, 11) is 1.62. The maximum Gasteiger partial charge on any atom is 0.291 e. The van der Waals surface area contributed by atoms with Crippen LogP contribution in [0.15, 0.2) is 30.9 Å². The first-order chi connectivity index (χ1) is 12.4. The van der Waals surface area contributed by atoms with E-state index in [0.717, 1.165) is 0 Å². The third-order valence-electron chi connectivity index (χ3n) is 3.39. The number of hydrogen-bond acceptors (Lipinski definition) is 7. The van der Waals surface area contributed by atoms with Gasteiger partial charge in [-0.15, -0.1) is 10.1 Å². The van der Waals surface area contributed by atoms with E-state index >= 15 is 0 Å². The minimum absolute atomic E-state index is 0.180. The Morgan fingerprint density at radius 3 is 2.85 bits per heavy atom. The number of rotatable bonds is 5. The van der Waals surface area contributed by atoms with E-state index in [0.29, 0.717) is 35.4 Å². The molecule has 1 N–H and O–H groups in total. The van der Waals surface area contributed by atoms with Crippen LogP contribution in [0.3, 0.4) is 0 Å². The maximum absolute atomic E-state index is 8.36. The van der Waals surface area contributed by atoms with Gasteiger partial charge in [-0.2, -0.15) is 5.10 Å². The van der Waals surface area contributed by atoms with Gasteiger partial charge in [-0.3, -0.25) is 0 Å². The van der Waals surface area contributed by atoms with Crippen molar-refractivity contribution < 1.29 is 24.5 Å². The summed E-state index contributed by atoms with van der Waals surface area (Å²) >= 11 is 12.3. The normalized spacial score (nSPS) is 21.9. The van der Waals surface area contributed by atoms with Crippen molar-refractivity contribution in [2.24, 2.45) is 0 Å². The fourth-order valence-corrected chi connectivity index (χ4v) is 3.02. The van der Waals surface area contributed by atoms with Crippen LogP contribution in [0.5, 0.6) is 0 Å². The van der Waals surface area contributed by atoms with Gasteiger partial charge in [0.1, 0.15) is 25.3 Å². The van der Waals surface area contributed by atoms with Crippen molar-refractivity contribution in [3.63, 3.8) is 0 Å². The van der Waals surface area contributed by atoms with E-state index in [1.54, 1.807) is 36.3 Å². The minimum atomic E-state index is -1.50. The average Bonchev–Trinajstić information content (AvgIpc) is 3.18. The predicted octanol–water partition coefficient (Wildman–Crippen LogP) is 2.15. The van der Waals surface area contributed by atoms with Crippen LogP contribution < -0.4 is 0 Å². The molecule has 0 aliphatic carbocycles. The molecule has 1 aliphatic heterocycles. The molecular formula is C14H16Cl2N4O6. The van der Waals surface area contributed by atoms with Gasteiger partial charge in [0, 0.05) is 17.7 Å². The van der Waals surface area contributed by atoms with E-state index in [1.807, 2.05) is 0 Å². The highest BCUT2D eigenvalue weighted by Crippen LogP contribution is 2.40. The van der Waals surface area contributed by atoms with Crippen LogP contribution in [0, 0.1) is 10.1 Å². The molecule has 1 aliphatic rings. The van der Waals surface area contributed by atoms with Crippen LogP contribution in [-0.2, 0) is 26.5 Å². The summed E-state index contributed by atoms with van der Waals surface area (Å²) in [6.45, 7) is 1.17. The largest absolute Gasteiger partial charge is 0.382 e. The van der Waals surface area contributed by atoms with Crippen molar-refractivity contribution in [3.05, 3.63) is 56.6 Å². The Hall–Kier alpha value is -1.98. The topological polar surface area (TPSA) is 122 Å². The fraction of sp³-hybridized carbons (Fsp3) is 0.429. The first-order valence-electron chi connectivity index (χ1n) is 7.28. The van der Waals surface area contributed by atoms with Gasteiger partial charge >= 0.3 is 0 Å². The number of halogens is 2. The van der Waals surface area contributed by atoms with Crippen LogP contribution in [-0.4, -0.2) is 51.5 Å². The summed E-state index contributed by atoms with van der Waals surface area (Å²) in [6, 6.07) is 5.22. The standard InChI is InChI=1S/C14H15Cl2N3O3.HNO3/c1-20-5-11-6-21-14(22-11,7-19-9-17-8-18-19)12-3-2-10(15)4-13(12)16;2-1(3)4/h2-4,8-9,11H,5-7H2,1H3;(H,2,3,4). The second-order valence-corrected chi connectivity index (χ2v) is 6.06. The van der Waals surface area contributed by atoms with E-state index in [-0.39, 0.29) is 6.10 Å². The smallest absolute Gasteiger partial charge is 0.291 e. The number of aromatic nitrogens is 3. The van der Waals surface area contributed by atoms with Crippen molar-refractivity contribution in [1.82, 2.24) is 14.8 Å². The van der Waals surface area contributed by atoms with Gasteiger partial charge in [-0.25, -0.2) is 9.67 Å². The molecule has 2 unspecified atom stereocenters. The average molecular weight is 407 g/mol. The summed E-state index contributed by atoms with van der Waals surface area (Å²) in [6.07, 6.45) is 2.88. The molecule has 0 spiro atoms. The lowest BCUT2D eigenvalue weighted by atomic mass is 10.1. The zero-order valence-electron chi connectivity index (χ0n) is 13.6. The summed E-state index contributed by atoms with van der Waals surface area (Å²) in [5.41, 5.74) is 0.702. The summed E-state index contributed by atoms with van der Waals surface area (Å²) in [4.78, 5) is 12.3. The van der Waals surface area contributed by atoms with Gasteiger partial charge in [0.25, 0.3) is 5.09 Å². The molecule has 0 amide bonds. The lowest BCUT2D eigenvalue weighted by Crippen LogP contribution is -2.34. The summed E-state index contributed by atoms with van der Waals surface area (Å²) < 4.78 is 18.9. The highest BCUT2D eigenvalue weighted by molar-refractivity contribution is 6.35. The molecular weight excluding hydrogens is 391 g/mol. The van der Waals surface area contributed by atoms with Crippen LogP contribution in [0.4, 0.5) is 0 Å². The van der Waals surface area contributed by atoms with Crippen LogP contribution >= 0.6 is 23.2 Å². The first-order valence-corrected chi connectivity index (χ1v) is 8.04. The SMILES string of the molecule is COCC1COC(Cn2cncn2)(c2ccc(Cl)cc2Cl)O1.O=[N+]([O-])O. The Balaban J connectivity index is 0.000000552. The lowest BCUT2D eigenvalue weighted by molar-refractivity contribution is -0.742. The van der Waals surface area contributed by atoms with Crippen LogP contribution in [0.25, 0.3) is 0 Å². The fourth-order valence-electron chi connectivity index (χ4n) is 2.47. The Morgan fingerprint density at radius 1 is 1.54 bits per heavy atom. The number of methoxy groups -OCH3 is 1. The number of hydrogen-bond donors (Lipinski definition) is 1. The number of ether oxygens (including phenoxy) is 3. The second kappa shape index (κ2) is 9.10. The molecule has 1 aromatic carbocycles. The van der Waals surface area contributed by atoms with E-state index in [9.17, 15) is 0 Å². The van der Waals surface area contributed by atoms with E-state index in [2.05, 4.69) is 10.1 Å². The zero-order chi connectivity index (χ0) is 19.2. The van der Waals surface area contributed by atoms with Crippen molar-refractivity contribution >= 4 is 23.2 Å². The highest BCUT2D eigenvalue weighted by atomic mass is 35.5. The zero-order valence-corrected chi connectivity index (χ0v) is 15.1. The quantitative estimate of drug-likeness (QED) is 0.591. The van der Waals surface area contributed by atoms with Gasteiger partial charge in [0.15, 0.2) is 0 Å². The Labute approximate surface area is 158 Å². The molecule has 2 atom stereocenters. The van der Waals surface area contributed by atoms with Gasteiger partial charge in [0.2, 0.25) is 5.79 Å².